The van der Waals surface area contributed by atoms with Crippen LogP contribution >= 0.6 is 0 Å². The Morgan fingerprint density at radius 3 is 2.50 bits per heavy atom. The molecule has 1 fully saturated rings. The zero-order valence-electron chi connectivity index (χ0n) is 15.4. The smallest absolute Gasteiger partial charge is 0.256 e. The maximum Gasteiger partial charge on any atom is 0.256 e. The quantitative estimate of drug-likeness (QED) is 0.846. The van der Waals surface area contributed by atoms with E-state index in [1.807, 2.05) is 30.3 Å². The normalized spacial score (nSPS) is 15.3. The number of benzene rings is 1. The van der Waals surface area contributed by atoms with Crippen LogP contribution in [0.25, 0.3) is 0 Å². The largest absolute Gasteiger partial charge is 0.383 e. The Kier molecular flexibility index (Phi) is 5.68. The summed E-state index contributed by atoms with van der Waals surface area (Å²) in [7, 11) is 0. The molecule has 1 aromatic carbocycles. The van der Waals surface area contributed by atoms with Gasteiger partial charge in [-0.25, -0.2) is 4.98 Å². The minimum atomic E-state index is -0.262. The highest BCUT2D eigenvalue weighted by Crippen LogP contribution is 2.16. The van der Waals surface area contributed by atoms with Crippen LogP contribution in [0.4, 0.5) is 11.8 Å². The van der Waals surface area contributed by atoms with Crippen LogP contribution < -0.4 is 16.0 Å². The van der Waals surface area contributed by atoms with E-state index in [4.69, 9.17) is 5.73 Å². The number of carbonyl (C=O) groups excluding carboxylic acids is 1. The van der Waals surface area contributed by atoms with E-state index in [1.165, 1.54) is 6.20 Å². The highest BCUT2D eigenvalue weighted by molar-refractivity contribution is 5.98. The summed E-state index contributed by atoms with van der Waals surface area (Å²) in [5.74, 6) is 0.542. The molecule has 7 nitrogen and oxygen atoms in total. The van der Waals surface area contributed by atoms with E-state index in [0.717, 1.165) is 31.7 Å². The molecule has 0 bridgehead atoms. The number of rotatable bonds is 5. The van der Waals surface area contributed by atoms with Crippen LogP contribution in [0.1, 0.15) is 29.8 Å². The zero-order chi connectivity index (χ0) is 18.5. The number of aromatic nitrogens is 2. The summed E-state index contributed by atoms with van der Waals surface area (Å²) in [6.07, 6.45) is 1.52. The fourth-order valence-corrected chi connectivity index (χ4v) is 3.02. The van der Waals surface area contributed by atoms with Crippen LogP contribution in [0.2, 0.25) is 0 Å². The fraction of sp³-hybridized carbons (Fsp3) is 0.421. The van der Waals surface area contributed by atoms with Gasteiger partial charge in [0.2, 0.25) is 5.95 Å². The lowest BCUT2D eigenvalue weighted by Gasteiger charge is -2.36. The van der Waals surface area contributed by atoms with E-state index in [2.05, 4.69) is 38.9 Å². The van der Waals surface area contributed by atoms with Crippen molar-refractivity contribution in [2.45, 2.75) is 26.4 Å². The molecule has 26 heavy (non-hydrogen) atoms. The van der Waals surface area contributed by atoms with Gasteiger partial charge in [0, 0.05) is 45.0 Å². The highest BCUT2D eigenvalue weighted by Gasteiger charge is 2.22. The van der Waals surface area contributed by atoms with Gasteiger partial charge in [-0.3, -0.25) is 9.69 Å². The molecule has 138 valence electrons. The van der Waals surface area contributed by atoms with Gasteiger partial charge in [0.15, 0.2) is 0 Å². The molecule has 1 amide bonds. The Bertz CT molecular complexity index is 741. The standard InChI is InChI=1S/C19H26N6O/c1-14(2)24-8-10-25(11-9-24)19-22-13-16(17(20)23-19)18(26)21-12-15-6-4-3-5-7-15/h3-7,13-14H,8-12H2,1-2H3,(H,21,26)(H2,20,22,23). The van der Waals surface area contributed by atoms with Gasteiger partial charge in [-0.05, 0) is 19.4 Å². The average Bonchev–Trinajstić information content (AvgIpc) is 2.67. The summed E-state index contributed by atoms with van der Waals surface area (Å²) in [5, 5.41) is 2.85. The Balaban J connectivity index is 1.61. The van der Waals surface area contributed by atoms with Crippen LogP contribution in [0.3, 0.4) is 0 Å². The molecule has 0 saturated carbocycles. The van der Waals surface area contributed by atoms with Crippen molar-refractivity contribution in [2.75, 3.05) is 36.8 Å². The number of nitrogens with zero attached hydrogens (tertiary/aromatic N) is 4. The maximum atomic E-state index is 12.4. The lowest BCUT2D eigenvalue weighted by Crippen LogP contribution is -2.49. The first-order valence-electron chi connectivity index (χ1n) is 8.98. The Hall–Kier alpha value is -2.67. The molecule has 2 heterocycles. The van der Waals surface area contributed by atoms with Crippen molar-refractivity contribution in [2.24, 2.45) is 0 Å². The van der Waals surface area contributed by atoms with Crippen molar-refractivity contribution in [3.63, 3.8) is 0 Å². The maximum absolute atomic E-state index is 12.4. The Morgan fingerprint density at radius 2 is 1.88 bits per heavy atom. The number of hydrogen-bond donors (Lipinski definition) is 2. The van der Waals surface area contributed by atoms with Gasteiger partial charge >= 0.3 is 0 Å². The third-order valence-corrected chi connectivity index (χ3v) is 4.67. The molecule has 0 unspecified atom stereocenters. The molecular weight excluding hydrogens is 328 g/mol. The molecule has 0 radical (unpaired) electrons. The van der Waals surface area contributed by atoms with Crippen molar-refractivity contribution >= 4 is 17.7 Å². The van der Waals surface area contributed by atoms with Crippen LogP contribution in [-0.2, 0) is 6.54 Å². The third-order valence-electron chi connectivity index (χ3n) is 4.67. The van der Waals surface area contributed by atoms with Gasteiger partial charge in [0.1, 0.15) is 5.82 Å². The Labute approximate surface area is 154 Å². The van der Waals surface area contributed by atoms with Crippen molar-refractivity contribution < 1.29 is 4.79 Å². The van der Waals surface area contributed by atoms with Gasteiger partial charge in [-0.2, -0.15) is 4.98 Å². The van der Waals surface area contributed by atoms with Crippen molar-refractivity contribution in [3.05, 3.63) is 47.7 Å². The van der Waals surface area contributed by atoms with Gasteiger partial charge in [0.25, 0.3) is 5.91 Å². The molecule has 2 aromatic rings. The number of carbonyl (C=O) groups is 1. The molecule has 1 saturated heterocycles. The highest BCUT2D eigenvalue weighted by atomic mass is 16.1. The SMILES string of the molecule is CC(C)N1CCN(c2ncc(C(=O)NCc3ccccc3)c(N)n2)CC1. The topological polar surface area (TPSA) is 87.4 Å². The number of amides is 1. The second-order valence-corrected chi connectivity index (χ2v) is 6.75. The van der Waals surface area contributed by atoms with Crippen LogP contribution in [0.15, 0.2) is 36.5 Å². The van der Waals surface area contributed by atoms with E-state index in [-0.39, 0.29) is 11.7 Å². The molecule has 7 heteroatoms. The minimum Gasteiger partial charge on any atom is -0.383 e. The second kappa shape index (κ2) is 8.14. The zero-order valence-corrected chi connectivity index (χ0v) is 15.4. The molecule has 1 aromatic heterocycles. The van der Waals surface area contributed by atoms with E-state index in [1.54, 1.807) is 0 Å². The summed E-state index contributed by atoms with van der Waals surface area (Å²) in [4.78, 5) is 25.6. The first-order chi connectivity index (χ1) is 12.5. The summed E-state index contributed by atoms with van der Waals surface area (Å²) in [6, 6.07) is 10.3. The summed E-state index contributed by atoms with van der Waals surface area (Å²) in [5.41, 5.74) is 7.36. The lowest BCUT2D eigenvalue weighted by molar-refractivity contribution is 0.0951. The van der Waals surface area contributed by atoms with E-state index in [9.17, 15) is 4.79 Å². The molecule has 3 rings (SSSR count). The molecule has 1 aliphatic rings. The van der Waals surface area contributed by atoms with E-state index >= 15 is 0 Å². The monoisotopic (exact) mass is 354 g/mol. The first kappa shape index (κ1) is 18.1. The second-order valence-electron chi connectivity index (χ2n) is 6.75. The van der Waals surface area contributed by atoms with Crippen LogP contribution in [-0.4, -0.2) is 53.0 Å². The first-order valence-corrected chi connectivity index (χ1v) is 8.98. The van der Waals surface area contributed by atoms with E-state index in [0.29, 0.717) is 24.1 Å². The molecule has 3 N–H and O–H groups in total. The van der Waals surface area contributed by atoms with E-state index < -0.39 is 0 Å². The fourth-order valence-electron chi connectivity index (χ4n) is 3.02. The predicted molar refractivity (Wildman–Crippen MR) is 103 cm³/mol. The van der Waals surface area contributed by atoms with Crippen LogP contribution in [0.5, 0.6) is 0 Å². The van der Waals surface area contributed by atoms with Crippen molar-refractivity contribution in [1.82, 2.24) is 20.2 Å². The predicted octanol–water partition coefficient (Wildman–Crippen LogP) is 1.52. The molecule has 0 aliphatic carbocycles. The molecule has 1 aliphatic heterocycles. The summed E-state index contributed by atoms with van der Waals surface area (Å²) >= 11 is 0. The number of hydrogen-bond acceptors (Lipinski definition) is 6. The number of anilines is 2. The lowest BCUT2D eigenvalue weighted by atomic mass is 10.2. The minimum absolute atomic E-state index is 0.215. The summed E-state index contributed by atoms with van der Waals surface area (Å²) in [6.45, 7) is 8.51. The number of nitrogens with two attached hydrogens (primary N) is 1. The van der Waals surface area contributed by atoms with Gasteiger partial charge in [-0.1, -0.05) is 30.3 Å². The number of nitrogens with one attached hydrogen (secondary N) is 1. The molecular formula is C19H26N6O. The van der Waals surface area contributed by atoms with Crippen molar-refractivity contribution in [3.8, 4) is 0 Å². The van der Waals surface area contributed by atoms with Gasteiger partial charge in [0.05, 0.1) is 5.56 Å². The Morgan fingerprint density at radius 1 is 1.19 bits per heavy atom. The van der Waals surface area contributed by atoms with Crippen molar-refractivity contribution in [1.29, 1.82) is 0 Å². The number of piperazine rings is 1. The van der Waals surface area contributed by atoms with Gasteiger partial charge in [-0.15, -0.1) is 0 Å². The summed E-state index contributed by atoms with van der Waals surface area (Å²) < 4.78 is 0. The third kappa shape index (κ3) is 4.29. The average molecular weight is 354 g/mol. The van der Waals surface area contributed by atoms with Gasteiger partial charge < -0.3 is 16.0 Å². The van der Waals surface area contributed by atoms with Crippen LogP contribution in [0, 0.1) is 0 Å². The molecule has 0 atom stereocenters. The number of nitrogen functional groups attached to an aromatic ring is 1. The molecule has 0 spiro atoms.